The Balaban J connectivity index is 1.17. The van der Waals surface area contributed by atoms with Crippen molar-refractivity contribution in [2.24, 2.45) is 11.7 Å². The lowest BCUT2D eigenvalue weighted by Crippen LogP contribution is -2.40. The maximum Gasteiger partial charge on any atom is 0.254 e. The number of ether oxygens (including phenoxy) is 1. The number of halogens is 1. The summed E-state index contributed by atoms with van der Waals surface area (Å²) in [4.78, 5) is 38.8. The van der Waals surface area contributed by atoms with Crippen LogP contribution in [0.25, 0.3) is 28.1 Å². The zero-order chi connectivity index (χ0) is 32.6. The van der Waals surface area contributed by atoms with Crippen LogP contribution in [0.2, 0.25) is 0 Å². The number of hydrogen-bond acceptors (Lipinski definition) is 6. The second kappa shape index (κ2) is 11.2. The van der Waals surface area contributed by atoms with Crippen LogP contribution in [-0.2, 0) is 6.54 Å². The number of carbonyl (C=O) groups is 2. The molecule has 3 aliphatic rings. The normalized spacial score (nSPS) is 21.1. The number of pyridine rings is 2. The molecule has 0 radical (unpaired) electrons. The molecule has 4 atom stereocenters. The Bertz CT molecular complexity index is 2060. The van der Waals surface area contributed by atoms with Crippen molar-refractivity contribution in [3.63, 3.8) is 0 Å². The van der Waals surface area contributed by atoms with E-state index in [-0.39, 0.29) is 29.6 Å². The van der Waals surface area contributed by atoms with Gasteiger partial charge >= 0.3 is 0 Å². The summed E-state index contributed by atoms with van der Waals surface area (Å²) in [5.74, 6) is 0.0175. The van der Waals surface area contributed by atoms with Gasteiger partial charge in [0.25, 0.3) is 11.8 Å². The summed E-state index contributed by atoms with van der Waals surface area (Å²) in [6.45, 7) is 4.65. The lowest BCUT2D eigenvalue weighted by Gasteiger charge is -2.23. The van der Waals surface area contributed by atoms with Crippen LogP contribution >= 0.6 is 0 Å². The zero-order valence-corrected chi connectivity index (χ0v) is 26.7. The van der Waals surface area contributed by atoms with Crippen molar-refractivity contribution in [3.05, 3.63) is 82.9 Å². The number of aryl methyl sites for hydroxylation is 1. The minimum absolute atomic E-state index is 0.00112. The van der Waals surface area contributed by atoms with Crippen LogP contribution < -0.4 is 15.8 Å². The Morgan fingerprint density at radius 3 is 2.60 bits per heavy atom. The molecule has 1 aromatic carbocycles. The predicted molar refractivity (Wildman–Crippen MR) is 176 cm³/mol. The van der Waals surface area contributed by atoms with E-state index < -0.39 is 17.8 Å². The smallest absolute Gasteiger partial charge is 0.254 e. The van der Waals surface area contributed by atoms with Crippen LogP contribution in [0, 0.1) is 18.7 Å². The van der Waals surface area contributed by atoms with Gasteiger partial charge in [-0.25, -0.2) is 14.4 Å². The average molecular weight is 636 g/mol. The average Bonchev–Trinajstić information content (AvgIpc) is 3.38. The minimum atomic E-state index is -0.563. The zero-order valence-electron chi connectivity index (χ0n) is 26.7. The number of amides is 2. The molecule has 5 aromatic rings. The van der Waals surface area contributed by atoms with Gasteiger partial charge in [-0.1, -0.05) is 12.1 Å². The Hall–Kier alpha value is -4.77. The van der Waals surface area contributed by atoms with Crippen molar-refractivity contribution in [1.29, 1.82) is 0 Å². The van der Waals surface area contributed by atoms with E-state index in [9.17, 15) is 14.0 Å². The lowest BCUT2D eigenvalue weighted by atomic mass is 9.97. The van der Waals surface area contributed by atoms with E-state index >= 15 is 0 Å². The topological polar surface area (TPSA) is 120 Å². The number of hydrogen-bond donors (Lipinski definition) is 2. The molecule has 4 aromatic heterocycles. The summed E-state index contributed by atoms with van der Waals surface area (Å²) in [6, 6.07) is 15.5. The fraction of sp³-hybridized carbons (Fsp3) is 0.389. The van der Waals surface area contributed by atoms with Crippen LogP contribution in [-0.4, -0.2) is 60.9 Å². The molecule has 2 amide bonds. The number of nitrogens with one attached hydrogen (secondary N) is 1. The molecule has 1 saturated carbocycles. The first-order valence-electron chi connectivity index (χ1n) is 16.4. The fourth-order valence-electron chi connectivity index (χ4n) is 7.61. The first-order chi connectivity index (χ1) is 22.7. The van der Waals surface area contributed by atoms with Crippen molar-refractivity contribution in [1.82, 2.24) is 29.2 Å². The van der Waals surface area contributed by atoms with Crippen LogP contribution in [0.15, 0.2) is 54.6 Å². The van der Waals surface area contributed by atoms with Crippen LogP contribution in [0.3, 0.4) is 0 Å². The molecule has 3 fully saturated rings. The van der Waals surface area contributed by atoms with E-state index in [1.807, 2.05) is 47.4 Å². The maximum atomic E-state index is 14.3. The molecule has 1 aliphatic carbocycles. The van der Waals surface area contributed by atoms with Crippen LogP contribution in [0.1, 0.15) is 77.2 Å². The molecule has 11 heteroatoms. The molecule has 6 heterocycles. The number of aromatic nitrogens is 4. The van der Waals surface area contributed by atoms with Crippen molar-refractivity contribution in [3.8, 4) is 17.3 Å². The minimum Gasteiger partial charge on any atom is -0.482 e. The molecule has 8 rings (SSSR count). The highest BCUT2D eigenvalue weighted by molar-refractivity contribution is 5.97. The Morgan fingerprint density at radius 2 is 1.89 bits per heavy atom. The summed E-state index contributed by atoms with van der Waals surface area (Å²) < 4.78 is 24.3. The fourth-order valence-corrected chi connectivity index (χ4v) is 7.61. The third-order valence-corrected chi connectivity index (χ3v) is 10.2. The summed E-state index contributed by atoms with van der Waals surface area (Å²) >= 11 is 0. The SMILES string of the molecule is COc1cc(C(=O)N2[C@H]3CC[C@@H]2[C@H](N)C3)cc2nc(-c3cc4ccc([C@@H](C)NC(=O)c5ccccc5F)nc4n3CC3CC3)c(C)n12. The summed E-state index contributed by atoms with van der Waals surface area (Å²) in [5, 5.41) is 3.85. The highest BCUT2D eigenvalue weighted by atomic mass is 19.1. The molecule has 3 N–H and O–H groups in total. The second-order valence-corrected chi connectivity index (χ2v) is 13.3. The lowest BCUT2D eigenvalue weighted by molar-refractivity contribution is 0.0725. The number of imidazole rings is 1. The molecule has 242 valence electrons. The number of rotatable bonds is 8. The van der Waals surface area contributed by atoms with Crippen LogP contribution in [0.4, 0.5) is 4.39 Å². The van der Waals surface area contributed by atoms with E-state index in [0.29, 0.717) is 28.7 Å². The summed E-state index contributed by atoms with van der Waals surface area (Å²) in [7, 11) is 1.61. The van der Waals surface area contributed by atoms with E-state index in [4.69, 9.17) is 20.4 Å². The third-order valence-electron chi connectivity index (χ3n) is 10.2. The Labute approximate surface area is 271 Å². The number of methoxy groups -OCH3 is 1. The highest BCUT2D eigenvalue weighted by Gasteiger charge is 2.47. The number of nitrogens with two attached hydrogens (primary N) is 1. The van der Waals surface area contributed by atoms with Gasteiger partial charge in [-0.3, -0.25) is 14.0 Å². The largest absolute Gasteiger partial charge is 0.482 e. The summed E-state index contributed by atoms with van der Waals surface area (Å²) in [5.41, 5.74) is 11.6. The van der Waals surface area contributed by atoms with Gasteiger partial charge in [-0.2, -0.15) is 0 Å². The first-order valence-corrected chi connectivity index (χ1v) is 16.4. The second-order valence-electron chi connectivity index (χ2n) is 13.3. The first kappa shape index (κ1) is 29.6. The maximum absolute atomic E-state index is 14.3. The Morgan fingerprint density at radius 1 is 1.09 bits per heavy atom. The van der Waals surface area contributed by atoms with Gasteiger partial charge < -0.3 is 25.3 Å². The van der Waals surface area contributed by atoms with Crippen molar-refractivity contribution >= 4 is 28.5 Å². The van der Waals surface area contributed by atoms with Gasteiger partial charge in [0.15, 0.2) is 5.88 Å². The van der Waals surface area contributed by atoms with Gasteiger partial charge in [-0.05, 0) is 88.3 Å². The predicted octanol–water partition coefficient (Wildman–Crippen LogP) is 5.41. The summed E-state index contributed by atoms with van der Waals surface area (Å²) in [6.07, 6.45) is 5.09. The number of benzene rings is 1. The van der Waals surface area contributed by atoms with Crippen LogP contribution in [0.5, 0.6) is 5.88 Å². The van der Waals surface area contributed by atoms with E-state index in [1.165, 1.54) is 12.1 Å². The highest BCUT2D eigenvalue weighted by Crippen LogP contribution is 2.40. The number of carbonyl (C=O) groups excluding carboxylic acids is 2. The molecule has 0 spiro atoms. The monoisotopic (exact) mass is 635 g/mol. The van der Waals surface area contributed by atoms with Crippen molar-refractivity contribution < 1.29 is 18.7 Å². The van der Waals surface area contributed by atoms with E-state index in [0.717, 1.165) is 66.8 Å². The molecule has 2 saturated heterocycles. The van der Waals surface area contributed by atoms with Gasteiger partial charge in [-0.15, -0.1) is 0 Å². The third kappa shape index (κ3) is 4.95. The molecule has 2 aliphatic heterocycles. The molecular formula is C36H38FN7O3. The van der Waals surface area contributed by atoms with Gasteiger partial charge in [0.1, 0.15) is 22.8 Å². The molecule has 0 unspecified atom stereocenters. The van der Waals surface area contributed by atoms with Gasteiger partial charge in [0.05, 0.1) is 35.8 Å². The molecule has 47 heavy (non-hydrogen) atoms. The molecular weight excluding hydrogens is 597 g/mol. The Kier molecular flexibility index (Phi) is 7.05. The number of fused-ring (bicyclic) bond motifs is 4. The van der Waals surface area contributed by atoms with E-state index in [1.54, 1.807) is 19.2 Å². The number of nitrogens with zero attached hydrogens (tertiary/aromatic N) is 5. The van der Waals surface area contributed by atoms with E-state index in [2.05, 4.69) is 16.0 Å². The molecule has 10 nitrogen and oxygen atoms in total. The van der Waals surface area contributed by atoms with Crippen molar-refractivity contribution in [2.45, 2.75) is 76.7 Å². The standard InChI is InChI=1S/C36H38FN7O3/c1-19(39-35(45)25-6-4-5-7-26(25)37)28-12-10-22-14-30(42(34(22)40-28)18-21-8-9-21)33-20(2)43-31(41-33)15-23(16-32(43)47-3)36(46)44-24-11-13-29(44)27(38)17-24/h4-7,10,12,14-16,19,21,24,27,29H,8-9,11,13,17-18,38H2,1-3H3,(H,39,45)/t19-,24+,27-,29-/m1/s1. The van der Waals surface area contributed by atoms with Gasteiger partial charge in [0.2, 0.25) is 0 Å². The molecule has 2 bridgehead atoms. The van der Waals surface area contributed by atoms with Gasteiger partial charge in [0, 0.05) is 41.7 Å². The van der Waals surface area contributed by atoms with Crippen molar-refractivity contribution in [2.75, 3.05) is 7.11 Å². The quantitative estimate of drug-likeness (QED) is 0.235.